The van der Waals surface area contributed by atoms with Crippen LogP contribution in [0, 0.1) is 11.8 Å². The molecule has 0 bridgehead atoms. The van der Waals surface area contributed by atoms with Gasteiger partial charge in [-0.2, -0.15) is 0 Å². The maximum Gasteiger partial charge on any atom is 0.0817 e. The minimum Gasteiger partial charge on any atom is -0.379 e. The number of hydrogen-bond donors (Lipinski definition) is 2. The highest BCUT2D eigenvalue weighted by Gasteiger charge is 2.27. The van der Waals surface area contributed by atoms with Crippen LogP contribution in [-0.4, -0.2) is 32.8 Å². The van der Waals surface area contributed by atoms with Crippen molar-refractivity contribution in [2.45, 2.75) is 25.9 Å². The SMILES string of the molecule is COC(CN)CNCC(C)C1CC1. The summed E-state index contributed by atoms with van der Waals surface area (Å²) in [6.07, 6.45) is 3.02. The predicted molar refractivity (Wildman–Crippen MR) is 54.6 cm³/mol. The lowest BCUT2D eigenvalue weighted by Gasteiger charge is -2.16. The van der Waals surface area contributed by atoms with Crippen molar-refractivity contribution in [3.05, 3.63) is 0 Å². The molecule has 1 fully saturated rings. The Morgan fingerprint density at radius 1 is 1.46 bits per heavy atom. The molecule has 1 rings (SSSR count). The first kappa shape index (κ1) is 11.0. The average molecular weight is 186 g/mol. The topological polar surface area (TPSA) is 47.3 Å². The van der Waals surface area contributed by atoms with Crippen molar-refractivity contribution < 1.29 is 4.74 Å². The van der Waals surface area contributed by atoms with E-state index in [9.17, 15) is 0 Å². The Labute approximate surface area is 81.0 Å². The fourth-order valence-electron chi connectivity index (χ4n) is 1.57. The Hall–Kier alpha value is -0.120. The quantitative estimate of drug-likeness (QED) is 0.612. The van der Waals surface area contributed by atoms with Crippen LogP contribution in [0.5, 0.6) is 0 Å². The van der Waals surface area contributed by atoms with Gasteiger partial charge in [0.15, 0.2) is 0 Å². The van der Waals surface area contributed by atoms with Crippen LogP contribution in [0.15, 0.2) is 0 Å². The molecule has 0 aromatic heterocycles. The molecule has 0 aliphatic heterocycles. The van der Waals surface area contributed by atoms with E-state index in [1.54, 1.807) is 7.11 Å². The van der Waals surface area contributed by atoms with E-state index in [4.69, 9.17) is 10.5 Å². The van der Waals surface area contributed by atoms with Gasteiger partial charge in [-0.3, -0.25) is 0 Å². The van der Waals surface area contributed by atoms with Gasteiger partial charge in [-0.25, -0.2) is 0 Å². The zero-order chi connectivity index (χ0) is 9.68. The Morgan fingerprint density at radius 3 is 2.62 bits per heavy atom. The van der Waals surface area contributed by atoms with Gasteiger partial charge in [-0.15, -0.1) is 0 Å². The molecular formula is C10H22N2O. The molecule has 1 aliphatic carbocycles. The van der Waals surface area contributed by atoms with Gasteiger partial charge >= 0.3 is 0 Å². The fourth-order valence-corrected chi connectivity index (χ4v) is 1.57. The number of rotatable bonds is 7. The summed E-state index contributed by atoms with van der Waals surface area (Å²) < 4.78 is 5.17. The van der Waals surface area contributed by atoms with E-state index >= 15 is 0 Å². The Morgan fingerprint density at radius 2 is 2.15 bits per heavy atom. The van der Waals surface area contributed by atoms with Crippen LogP contribution < -0.4 is 11.1 Å². The second-order valence-electron chi connectivity index (χ2n) is 4.07. The monoisotopic (exact) mass is 186 g/mol. The van der Waals surface area contributed by atoms with Gasteiger partial charge in [0.1, 0.15) is 0 Å². The molecule has 0 aromatic rings. The first-order valence-corrected chi connectivity index (χ1v) is 5.21. The molecule has 0 radical (unpaired) electrons. The molecule has 3 heteroatoms. The molecule has 0 amide bonds. The van der Waals surface area contributed by atoms with Gasteiger partial charge in [-0.1, -0.05) is 6.92 Å². The van der Waals surface area contributed by atoms with Crippen LogP contribution in [-0.2, 0) is 4.74 Å². The van der Waals surface area contributed by atoms with E-state index in [-0.39, 0.29) is 6.10 Å². The van der Waals surface area contributed by atoms with Crippen LogP contribution in [0.4, 0.5) is 0 Å². The van der Waals surface area contributed by atoms with Gasteiger partial charge in [0.2, 0.25) is 0 Å². The summed E-state index contributed by atoms with van der Waals surface area (Å²) in [6.45, 7) is 4.89. The second kappa shape index (κ2) is 5.58. The van der Waals surface area contributed by atoms with E-state index in [1.807, 2.05) is 0 Å². The highest BCUT2D eigenvalue weighted by molar-refractivity contribution is 4.80. The van der Waals surface area contributed by atoms with Crippen molar-refractivity contribution in [2.24, 2.45) is 17.6 Å². The highest BCUT2D eigenvalue weighted by Crippen LogP contribution is 2.35. The minimum absolute atomic E-state index is 0.173. The van der Waals surface area contributed by atoms with Gasteiger partial charge in [-0.05, 0) is 31.2 Å². The maximum absolute atomic E-state index is 5.51. The van der Waals surface area contributed by atoms with Crippen molar-refractivity contribution in [1.29, 1.82) is 0 Å². The zero-order valence-electron chi connectivity index (χ0n) is 8.75. The lowest BCUT2D eigenvalue weighted by molar-refractivity contribution is 0.107. The minimum atomic E-state index is 0.173. The van der Waals surface area contributed by atoms with Crippen LogP contribution in [0.1, 0.15) is 19.8 Å². The van der Waals surface area contributed by atoms with Crippen LogP contribution in [0.25, 0.3) is 0 Å². The third-order valence-corrected chi connectivity index (χ3v) is 2.86. The zero-order valence-corrected chi connectivity index (χ0v) is 8.75. The smallest absolute Gasteiger partial charge is 0.0817 e. The summed E-state index contributed by atoms with van der Waals surface area (Å²) in [5.74, 6) is 1.79. The molecular weight excluding hydrogens is 164 g/mol. The van der Waals surface area contributed by atoms with Gasteiger partial charge < -0.3 is 15.8 Å². The van der Waals surface area contributed by atoms with Crippen LogP contribution in [0.3, 0.4) is 0 Å². The van der Waals surface area contributed by atoms with E-state index < -0.39 is 0 Å². The standard InChI is InChI=1S/C10H22N2O/c1-8(9-3-4-9)6-12-7-10(5-11)13-2/h8-10,12H,3-7,11H2,1-2H3. The molecule has 0 saturated heterocycles. The summed E-state index contributed by atoms with van der Waals surface area (Å²) in [7, 11) is 1.71. The van der Waals surface area contributed by atoms with Gasteiger partial charge in [0.25, 0.3) is 0 Å². The summed E-state index contributed by atoms with van der Waals surface area (Å²) in [5.41, 5.74) is 5.51. The van der Waals surface area contributed by atoms with Crippen molar-refractivity contribution in [3.63, 3.8) is 0 Å². The highest BCUT2D eigenvalue weighted by atomic mass is 16.5. The van der Waals surface area contributed by atoms with Crippen molar-refractivity contribution >= 4 is 0 Å². The summed E-state index contributed by atoms with van der Waals surface area (Å²) in [4.78, 5) is 0. The molecule has 0 spiro atoms. The number of hydrogen-bond acceptors (Lipinski definition) is 3. The Kier molecular flexibility index (Phi) is 4.70. The average Bonchev–Trinajstić information content (AvgIpc) is 2.95. The first-order valence-electron chi connectivity index (χ1n) is 5.21. The molecule has 2 atom stereocenters. The number of nitrogens with one attached hydrogen (secondary N) is 1. The van der Waals surface area contributed by atoms with Crippen molar-refractivity contribution in [2.75, 3.05) is 26.7 Å². The van der Waals surface area contributed by atoms with E-state index in [0.29, 0.717) is 6.54 Å². The number of ether oxygens (including phenoxy) is 1. The van der Waals surface area contributed by atoms with Crippen molar-refractivity contribution in [1.82, 2.24) is 5.32 Å². The van der Waals surface area contributed by atoms with E-state index in [2.05, 4.69) is 12.2 Å². The Bertz CT molecular complexity index is 131. The first-order chi connectivity index (χ1) is 6.27. The summed E-state index contributed by atoms with van der Waals surface area (Å²) in [6, 6.07) is 0. The van der Waals surface area contributed by atoms with Crippen LogP contribution in [0.2, 0.25) is 0 Å². The lowest BCUT2D eigenvalue weighted by atomic mass is 10.1. The maximum atomic E-state index is 5.51. The van der Waals surface area contributed by atoms with Gasteiger partial charge in [0, 0.05) is 20.2 Å². The van der Waals surface area contributed by atoms with E-state index in [1.165, 1.54) is 12.8 Å². The normalized spacial score (nSPS) is 21.5. The molecule has 78 valence electrons. The van der Waals surface area contributed by atoms with Gasteiger partial charge in [0.05, 0.1) is 6.10 Å². The number of methoxy groups -OCH3 is 1. The third-order valence-electron chi connectivity index (χ3n) is 2.86. The summed E-state index contributed by atoms with van der Waals surface area (Å²) in [5, 5.41) is 3.40. The largest absolute Gasteiger partial charge is 0.379 e. The third kappa shape index (κ3) is 4.07. The fraction of sp³-hybridized carbons (Fsp3) is 1.00. The molecule has 1 saturated carbocycles. The summed E-state index contributed by atoms with van der Waals surface area (Å²) >= 11 is 0. The second-order valence-corrected chi connectivity index (χ2v) is 4.07. The lowest BCUT2D eigenvalue weighted by Crippen LogP contribution is -2.36. The number of nitrogens with two attached hydrogens (primary N) is 1. The molecule has 13 heavy (non-hydrogen) atoms. The van der Waals surface area contributed by atoms with Crippen LogP contribution >= 0.6 is 0 Å². The van der Waals surface area contributed by atoms with Crippen molar-refractivity contribution in [3.8, 4) is 0 Å². The van der Waals surface area contributed by atoms with E-state index in [0.717, 1.165) is 24.9 Å². The molecule has 2 unspecified atom stereocenters. The molecule has 0 aromatic carbocycles. The molecule has 1 aliphatic rings. The Balaban J connectivity index is 1.98. The predicted octanol–water partition coefficient (Wildman–Crippen LogP) is 0.596. The molecule has 3 nitrogen and oxygen atoms in total. The molecule has 3 N–H and O–H groups in total. The molecule has 0 heterocycles.